The maximum atomic E-state index is 14.8. The second-order valence-electron chi connectivity index (χ2n) is 10.5. The number of ether oxygens (including phenoxy) is 1. The normalized spacial score (nSPS) is 23.6. The van der Waals surface area contributed by atoms with Crippen molar-refractivity contribution in [3.63, 3.8) is 0 Å². The van der Waals surface area contributed by atoms with Crippen molar-refractivity contribution in [2.24, 2.45) is 10.9 Å². The number of nitrogens with zero attached hydrogens (tertiary/aromatic N) is 4. The van der Waals surface area contributed by atoms with E-state index in [9.17, 15) is 22.8 Å². The Morgan fingerprint density at radius 2 is 1.95 bits per heavy atom. The molecule has 37 heavy (non-hydrogen) atoms. The molecule has 0 aliphatic carbocycles. The molecule has 0 radical (unpaired) electrons. The molecular formula is C26H34F3N5O3. The highest BCUT2D eigenvalue weighted by atomic mass is 19.3. The first kappa shape index (κ1) is 28.2. The number of carbonyl (C=O) groups is 2. The van der Waals surface area contributed by atoms with Gasteiger partial charge in [0.15, 0.2) is 0 Å². The summed E-state index contributed by atoms with van der Waals surface area (Å²) in [7, 11) is 0. The van der Waals surface area contributed by atoms with E-state index in [1.165, 1.54) is 12.1 Å². The quantitative estimate of drug-likeness (QED) is 0.617. The van der Waals surface area contributed by atoms with Crippen LogP contribution in [0, 0.1) is 11.7 Å². The topological polar surface area (TPSA) is 87.1 Å². The lowest BCUT2D eigenvalue weighted by Gasteiger charge is -2.40. The van der Waals surface area contributed by atoms with E-state index in [2.05, 4.69) is 21.9 Å². The molecule has 202 valence electrons. The van der Waals surface area contributed by atoms with Crippen LogP contribution in [0.4, 0.5) is 23.8 Å². The summed E-state index contributed by atoms with van der Waals surface area (Å²) in [6.07, 6.45) is 0.279. The fourth-order valence-corrected chi connectivity index (χ4v) is 4.50. The van der Waals surface area contributed by atoms with Crippen molar-refractivity contribution in [3.05, 3.63) is 42.0 Å². The molecule has 0 saturated carbocycles. The molecule has 3 heterocycles. The summed E-state index contributed by atoms with van der Waals surface area (Å²) < 4.78 is 49.4. The molecule has 1 aromatic heterocycles. The Labute approximate surface area is 215 Å². The lowest BCUT2D eigenvalue weighted by Crippen LogP contribution is -2.55. The zero-order valence-electron chi connectivity index (χ0n) is 22.1. The van der Waals surface area contributed by atoms with Gasteiger partial charge in [0, 0.05) is 49.9 Å². The number of allylic oxidation sites excluding steroid dienone is 1. The van der Waals surface area contributed by atoms with Crippen LogP contribution in [-0.4, -0.2) is 64.9 Å². The molecule has 2 saturated heterocycles. The first-order valence-electron chi connectivity index (χ1n) is 12.1. The molecule has 11 heteroatoms. The van der Waals surface area contributed by atoms with Gasteiger partial charge in [0.05, 0.1) is 11.6 Å². The van der Waals surface area contributed by atoms with E-state index >= 15 is 0 Å². The van der Waals surface area contributed by atoms with Crippen LogP contribution in [-0.2, 0) is 9.53 Å². The highest BCUT2D eigenvalue weighted by Gasteiger charge is 2.44. The van der Waals surface area contributed by atoms with E-state index in [1.54, 1.807) is 32.6 Å². The highest BCUT2D eigenvalue weighted by Crippen LogP contribution is 2.39. The molecular weight excluding hydrogens is 487 g/mol. The van der Waals surface area contributed by atoms with Gasteiger partial charge in [0.2, 0.25) is 5.91 Å². The van der Waals surface area contributed by atoms with Crippen molar-refractivity contribution in [1.29, 1.82) is 0 Å². The van der Waals surface area contributed by atoms with Crippen LogP contribution in [0.25, 0.3) is 5.57 Å². The van der Waals surface area contributed by atoms with Crippen LogP contribution < -0.4 is 10.2 Å². The van der Waals surface area contributed by atoms with Gasteiger partial charge in [-0.15, -0.1) is 0 Å². The summed E-state index contributed by atoms with van der Waals surface area (Å²) >= 11 is 0. The van der Waals surface area contributed by atoms with Crippen LogP contribution in [0.15, 0.2) is 35.5 Å². The van der Waals surface area contributed by atoms with E-state index in [1.807, 2.05) is 11.8 Å². The minimum Gasteiger partial charge on any atom is -0.444 e. The summed E-state index contributed by atoms with van der Waals surface area (Å²) in [4.78, 5) is 36.7. The Morgan fingerprint density at radius 1 is 1.27 bits per heavy atom. The number of rotatable bonds is 4. The molecule has 2 amide bonds. The number of piperidine rings is 1. The predicted molar refractivity (Wildman–Crippen MR) is 136 cm³/mol. The number of pyridine rings is 1. The van der Waals surface area contributed by atoms with Crippen molar-refractivity contribution in [3.8, 4) is 0 Å². The number of aromatic nitrogens is 1. The number of aliphatic imine (C=N–C) groups is 1. The first-order chi connectivity index (χ1) is 17.1. The molecule has 0 bridgehead atoms. The fourth-order valence-electron chi connectivity index (χ4n) is 4.50. The Kier molecular flexibility index (Phi) is 8.04. The standard InChI is InChI=1S/C26H34F3N5O3/c1-8-30-23-22(18(26(7,28)29)13-21(35)32-23)16(3)19-11-17(27)12-20(31-19)33-9-10-34(15(2)14-33)24(36)37-25(4,5)6/h8,11-12,15,18H,1,9-10,13-14H2,2-7H3,(H,30,32,35)/b22-16+. The summed E-state index contributed by atoms with van der Waals surface area (Å²) in [5, 5.41) is 2.52. The van der Waals surface area contributed by atoms with Crippen molar-refractivity contribution in [2.45, 2.75) is 65.5 Å². The van der Waals surface area contributed by atoms with Crippen molar-refractivity contribution < 1.29 is 27.5 Å². The van der Waals surface area contributed by atoms with Gasteiger partial charge < -0.3 is 19.9 Å². The van der Waals surface area contributed by atoms with Gasteiger partial charge in [0.25, 0.3) is 5.92 Å². The number of anilines is 1. The fraction of sp³-hybridized carbons (Fsp3) is 0.538. The average Bonchev–Trinajstić information content (AvgIpc) is 2.76. The largest absolute Gasteiger partial charge is 0.444 e. The molecule has 0 aromatic carbocycles. The Balaban J connectivity index is 1.96. The Morgan fingerprint density at radius 3 is 2.51 bits per heavy atom. The lowest BCUT2D eigenvalue weighted by atomic mass is 9.82. The van der Waals surface area contributed by atoms with Gasteiger partial charge in [-0.25, -0.2) is 27.9 Å². The summed E-state index contributed by atoms with van der Waals surface area (Å²) in [5.41, 5.74) is -0.126. The van der Waals surface area contributed by atoms with Gasteiger partial charge in [-0.3, -0.25) is 4.79 Å². The van der Waals surface area contributed by atoms with Gasteiger partial charge in [-0.2, -0.15) is 0 Å². The Hall–Kier alpha value is -3.37. The van der Waals surface area contributed by atoms with Gasteiger partial charge in [-0.1, -0.05) is 6.58 Å². The predicted octanol–water partition coefficient (Wildman–Crippen LogP) is 4.77. The number of piperazine rings is 1. The summed E-state index contributed by atoms with van der Waals surface area (Å²) in [5.74, 6) is -5.63. The van der Waals surface area contributed by atoms with E-state index in [0.717, 1.165) is 13.1 Å². The van der Waals surface area contributed by atoms with Crippen LogP contribution in [0.3, 0.4) is 0 Å². The molecule has 2 atom stereocenters. The minimum absolute atomic E-state index is 0.0533. The molecule has 2 fully saturated rings. The second kappa shape index (κ2) is 10.5. The number of nitrogens with one attached hydrogen (secondary N) is 1. The number of amidine groups is 1. The van der Waals surface area contributed by atoms with Crippen LogP contribution >= 0.6 is 0 Å². The zero-order valence-corrected chi connectivity index (χ0v) is 22.1. The molecule has 2 aliphatic heterocycles. The number of halogens is 3. The van der Waals surface area contributed by atoms with E-state index in [-0.39, 0.29) is 28.7 Å². The number of carbonyl (C=O) groups excluding carboxylic acids is 2. The zero-order chi connectivity index (χ0) is 27.7. The number of amides is 2. The lowest BCUT2D eigenvalue weighted by molar-refractivity contribution is -0.124. The average molecular weight is 522 g/mol. The number of hydrogen-bond acceptors (Lipinski definition) is 6. The molecule has 1 N–H and O–H groups in total. The highest BCUT2D eigenvalue weighted by molar-refractivity contribution is 6.14. The molecule has 8 nitrogen and oxygen atoms in total. The second-order valence-corrected chi connectivity index (χ2v) is 10.5. The maximum absolute atomic E-state index is 14.8. The van der Waals surface area contributed by atoms with E-state index in [0.29, 0.717) is 25.5 Å². The van der Waals surface area contributed by atoms with Crippen molar-refractivity contribution in [1.82, 2.24) is 15.2 Å². The van der Waals surface area contributed by atoms with E-state index < -0.39 is 41.7 Å². The summed E-state index contributed by atoms with van der Waals surface area (Å²) in [6.45, 7) is 14.1. The number of hydrogen-bond donors (Lipinski definition) is 1. The van der Waals surface area contributed by atoms with Gasteiger partial charge in [-0.05, 0) is 53.2 Å². The Bertz CT molecular complexity index is 1140. The SMILES string of the molecule is C=CN=C1NC(=O)CC(C(C)(F)F)/C1=C(/C)c1cc(F)cc(N2CCN(C(=O)OC(C)(C)C)C(C)C2)n1. The van der Waals surface area contributed by atoms with Gasteiger partial charge in [0.1, 0.15) is 23.1 Å². The van der Waals surface area contributed by atoms with Crippen molar-refractivity contribution in [2.75, 3.05) is 24.5 Å². The van der Waals surface area contributed by atoms with E-state index in [4.69, 9.17) is 4.74 Å². The molecule has 2 aliphatic rings. The third-order valence-electron chi connectivity index (χ3n) is 6.23. The molecule has 1 aromatic rings. The third kappa shape index (κ3) is 6.69. The number of alkyl halides is 2. The van der Waals surface area contributed by atoms with Crippen molar-refractivity contribution >= 4 is 29.2 Å². The minimum atomic E-state index is -3.24. The monoisotopic (exact) mass is 521 g/mol. The van der Waals surface area contributed by atoms with Crippen LogP contribution in [0.5, 0.6) is 0 Å². The van der Waals surface area contributed by atoms with Crippen LogP contribution in [0.1, 0.15) is 53.7 Å². The maximum Gasteiger partial charge on any atom is 0.410 e. The summed E-state index contributed by atoms with van der Waals surface area (Å²) in [6, 6.07) is 2.20. The van der Waals surface area contributed by atoms with Gasteiger partial charge >= 0.3 is 6.09 Å². The van der Waals surface area contributed by atoms with Crippen LogP contribution in [0.2, 0.25) is 0 Å². The first-order valence-corrected chi connectivity index (χ1v) is 12.1. The smallest absolute Gasteiger partial charge is 0.410 e. The third-order valence-corrected chi connectivity index (χ3v) is 6.23. The molecule has 2 unspecified atom stereocenters. The molecule has 0 spiro atoms. The molecule has 3 rings (SSSR count).